The van der Waals surface area contributed by atoms with Crippen molar-refractivity contribution in [1.82, 2.24) is 4.90 Å². The van der Waals surface area contributed by atoms with Crippen LogP contribution in [-0.2, 0) is 9.53 Å². The van der Waals surface area contributed by atoms with Crippen LogP contribution in [-0.4, -0.2) is 50.3 Å². The molecule has 1 unspecified atom stereocenters. The van der Waals surface area contributed by atoms with Gasteiger partial charge in [-0.3, -0.25) is 4.79 Å². The molecule has 1 aromatic rings. The molecule has 0 bridgehead atoms. The average molecular weight is 336 g/mol. The molecule has 0 aromatic heterocycles. The molecular weight excluding hydrogens is 304 g/mol. The Bertz CT molecular complexity index is 500. The average Bonchev–Trinajstić information content (AvgIpc) is 2.48. The summed E-state index contributed by atoms with van der Waals surface area (Å²) < 4.78 is 11.4. The SMILES string of the molecule is CCOC(C)(CC(C)C)C(=O)Nc1ccc(OCCN(C)C)cc1. The van der Waals surface area contributed by atoms with Crippen LogP contribution in [0.15, 0.2) is 24.3 Å². The molecule has 0 fully saturated rings. The van der Waals surface area contributed by atoms with E-state index in [1.807, 2.05) is 52.2 Å². The molecule has 0 radical (unpaired) electrons. The second-order valence-electron chi connectivity index (χ2n) is 6.89. The van der Waals surface area contributed by atoms with Gasteiger partial charge in [0, 0.05) is 18.8 Å². The van der Waals surface area contributed by atoms with Crippen LogP contribution < -0.4 is 10.1 Å². The summed E-state index contributed by atoms with van der Waals surface area (Å²) in [5.74, 6) is 1.06. The zero-order chi connectivity index (χ0) is 18.2. The number of carbonyl (C=O) groups is 1. The number of nitrogens with zero attached hydrogens (tertiary/aromatic N) is 1. The number of carbonyl (C=O) groups excluding carboxylic acids is 1. The fraction of sp³-hybridized carbons (Fsp3) is 0.632. The van der Waals surface area contributed by atoms with Gasteiger partial charge in [0.05, 0.1) is 0 Å². The molecule has 0 aliphatic rings. The minimum Gasteiger partial charge on any atom is -0.492 e. The topological polar surface area (TPSA) is 50.8 Å². The molecule has 136 valence electrons. The Morgan fingerprint density at radius 1 is 1.25 bits per heavy atom. The molecule has 1 amide bonds. The maximum absolute atomic E-state index is 12.6. The van der Waals surface area contributed by atoms with Crippen molar-refractivity contribution < 1.29 is 14.3 Å². The standard InChI is InChI=1S/C19H32N2O3/c1-7-24-19(4,14-15(2)3)18(22)20-16-8-10-17(11-9-16)23-13-12-21(5)6/h8-11,15H,7,12-14H2,1-6H3,(H,20,22). The largest absolute Gasteiger partial charge is 0.492 e. The summed E-state index contributed by atoms with van der Waals surface area (Å²) in [6, 6.07) is 7.44. The van der Waals surface area contributed by atoms with Crippen LogP contribution >= 0.6 is 0 Å². The molecule has 0 saturated heterocycles. The maximum Gasteiger partial charge on any atom is 0.256 e. The molecule has 0 spiro atoms. The molecule has 1 atom stereocenters. The van der Waals surface area contributed by atoms with E-state index in [1.165, 1.54) is 0 Å². The number of hydrogen-bond donors (Lipinski definition) is 1. The highest BCUT2D eigenvalue weighted by Crippen LogP contribution is 2.24. The van der Waals surface area contributed by atoms with Gasteiger partial charge in [-0.15, -0.1) is 0 Å². The van der Waals surface area contributed by atoms with Gasteiger partial charge in [-0.25, -0.2) is 0 Å². The van der Waals surface area contributed by atoms with Crippen molar-refractivity contribution in [3.63, 3.8) is 0 Å². The number of ether oxygens (including phenoxy) is 2. The molecule has 1 rings (SSSR count). The Morgan fingerprint density at radius 3 is 2.38 bits per heavy atom. The molecule has 0 aliphatic carbocycles. The van der Waals surface area contributed by atoms with Crippen LogP contribution in [0.4, 0.5) is 5.69 Å². The van der Waals surface area contributed by atoms with E-state index in [0.717, 1.165) is 18.0 Å². The zero-order valence-electron chi connectivity index (χ0n) is 15.9. The van der Waals surface area contributed by atoms with E-state index >= 15 is 0 Å². The number of benzene rings is 1. The van der Waals surface area contributed by atoms with Crippen molar-refractivity contribution in [2.75, 3.05) is 39.2 Å². The third-order valence-electron chi connectivity index (χ3n) is 3.66. The van der Waals surface area contributed by atoms with Crippen LogP contribution in [0, 0.1) is 5.92 Å². The van der Waals surface area contributed by atoms with Crippen molar-refractivity contribution in [2.24, 2.45) is 5.92 Å². The molecule has 0 heterocycles. The lowest BCUT2D eigenvalue weighted by Gasteiger charge is -2.29. The Labute approximate surface area is 146 Å². The van der Waals surface area contributed by atoms with Gasteiger partial charge in [-0.2, -0.15) is 0 Å². The third-order valence-corrected chi connectivity index (χ3v) is 3.66. The van der Waals surface area contributed by atoms with Gasteiger partial charge in [0.1, 0.15) is 18.0 Å². The summed E-state index contributed by atoms with van der Waals surface area (Å²) >= 11 is 0. The summed E-state index contributed by atoms with van der Waals surface area (Å²) in [5, 5.41) is 2.95. The van der Waals surface area contributed by atoms with Crippen LogP contribution in [0.25, 0.3) is 0 Å². The van der Waals surface area contributed by atoms with E-state index in [1.54, 1.807) is 0 Å². The van der Waals surface area contributed by atoms with Crippen molar-refractivity contribution in [2.45, 2.75) is 39.7 Å². The zero-order valence-corrected chi connectivity index (χ0v) is 15.9. The summed E-state index contributed by atoms with van der Waals surface area (Å²) in [7, 11) is 4.02. The lowest BCUT2D eigenvalue weighted by molar-refractivity contribution is -0.140. The number of anilines is 1. The molecule has 24 heavy (non-hydrogen) atoms. The van der Waals surface area contributed by atoms with Gasteiger partial charge in [-0.05, 0) is 64.5 Å². The first-order valence-electron chi connectivity index (χ1n) is 8.60. The van der Waals surface area contributed by atoms with E-state index in [9.17, 15) is 4.79 Å². The van der Waals surface area contributed by atoms with E-state index in [0.29, 0.717) is 25.6 Å². The lowest BCUT2D eigenvalue weighted by atomic mass is 9.93. The fourth-order valence-electron chi connectivity index (χ4n) is 2.56. The van der Waals surface area contributed by atoms with Gasteiger partial charge >= 0.3 is 0 Å². The first-order chi connectivity index (χ1) is 11.3. The van der Waals surface area contributed by atoms with Crippen molar-refractivity contribution in [1.29, 1.82) is 0 Å². The van der Waals surface area contributed by atoms with E-state index in [4.69, 9.17) is 9.47 Å². The Kier molecular flexibility index (Phi) is 8.22. The number of amides is 1. The Balaban J connectivity index is 2.65. The van der Waals surface area contributed by atoms with Gasteiger partial charge in [-0.1, -0.05) is 13.8 Å². The maximum atomic E-state index is 12.6. The van der Waals surface area contributed by atoms with Crippen molar-refractivity contribution in [3.8, 4) is 5.75 Å². The summed E-state index contributed by atoms with van der Waals surface area (Å²) in [6.07, 6.45) is 0.679. The quantitative estimate of drug-likeness (QED) is 0.711. The first kappa shape index (κ1) is 20.5. The first-order valence-corrected chi connectivity index (χ1v) is 8.60. The molecule has 0 saturated carbocycles. The molecule has 0 aliphatic heterocycles. The predicted molar refractivity (Wildman–Crippen MR) is 98.6 cm³/mol. The lowest BCUT2D eigenvalue weighted by Crippen LogP contribution is -2.43. The molecule has 1 N–H and O–H groups in total. The third kappa shape index (κ3) is 6.89. The Morgan fingerprint density at radius 2 is 1.88 bits per heavy atom. The monoisotopic (exact) mass is 336 g/mol. The van der Waals surface area contributed by atoms with E-state index in [-0.39, 0.29) is 5.91 Å². The molecule has 5 nitrogen and oxygen atoms in total. The molecule has 5 heteroatoms. The molecule has 1 aromatic carbocycles. The number of likely N-dealkylation sites (N-methyl/N-ethyl adjacent to an activating group) is 1. The van der Waals surface area contributed by atoms with Crippen LogP contribution in [0.1, 0.15) is 34.1 Å². The summed E-state index contributed by atoms with van der Waals surface area (Å²) in [5.41, 5.74) is -0.0706. The number of hydrogen-bond acceptors (Lipinski definition) is 4. The highest BCUT2D eigenvalue weighted by atomic mass is 16.5. The van der Waals surface area contributed by atoms with Gasteiger partial charge in [0.15, 0.2) is 0 Å². The number of nitrogens with one attached hydrogen (secondary N) is 1. The van der Waals surface area contributed by atoms with Crippen LogP contribution in [0.5, 0.6) is 5.75 Å². The van der Waals surface area contributed by atoms with Crippen molar-refractivity contribution in [3.05, 3.63) is 24.3 Å². The van der Waals surface area contributed by atoms with Gasteiger partial charge in [0.25, 0.3) is 5.91 Å². The fourth-order valence-corrected chi connectivity index (χ4v) is 2.56. The summed E-state index contributed by atoms with van der Waals surface area (Å²) in [6.45, 7) is 9.94. The van der Waals surface area contributed by atoms with Crippen molar-refractivity contribution >= 4 is 11.6 Å². The second kappa shape index (κ2) is 9.64. The van der Waals surface area contributed by atoms with E-state index in [2.05, 4.69) is 24.1 Å². The van der Waals surface area contributed by atoms with Crippen LogP contribution in [0.3, 0.4) is 0 Å². The smallest absolute Gasteiger partial charge is 0.256 e. The minimum absolute atomic E-state index is 0.112. The minimum atomic E-state index is -0.816. The Hall–Kier alpha value is -1.59. The summed E-state index contributed by atoms with van der Waals surface area (Å²) in [4.78, 5) is 14.7. The van der Waals surface area contributed by atoms with E-state index < -0.39 is 5.60 Å². The number of rotatable bonds is 10. The molecular formula is C19H32N2O3. The second-order valence-corrected chi connectivity index (χ2v) is 6.89. The van der Waals surface area contributed by atoms with Gasteiger partial charge in [0.2, 0.25) is 0 Å². The normalized spacial score (nSPS) is 13.8. The predicted octanol–water partition coefficient (Wildman–Crippen LogP) is 3.41. The highest BCUT2D eigenvalue weighted by Gasteiger charge is 2.34. The van der Waals surface area contributed by atoms with Gasteiger partial charge < -0.3 is 19.7 Å². The van der Waals surface area contributed by atoms with Crippen LogP contribution in [0.2, 0.25) is 0 Å². The highest BCUT2D eigenvalue weighted by molar-refractivity contribution is 5.97.